The minimum atomic E-state index is -0.335. The van der Waals surface area contributed by atoms with E-state index in [-0.39, 0.29) is 12.0 Å². The summed E-state index contributed by atoms with van der Waals surface area (Å²) < 4.78 is 5.23. The van der Waals surface area contributed by atoms with Crippen LogP contribution in [0.5, 0.6) is 0 Å². The molecular weight excluding hydrogens is 238 g/mol. The van der Waals surface area contributed by atoms with E-state index in [0.717, 1.165) is 5.56 Å². The van der Waals surface area contributed by atoms with E-state index in [1.54, 1.807) is 0 Å². The number of ether oxygens (including phenoxy) is 1. The molecule has 2 atom stereocenters. The lowest BCUT2D eigenvalue weighted by molar-refractivity contribution is -0.150. The van der Waals surface area contributed by atoms with Crippen molar-refractivity contribution in [3.63, 3.8) is 0 Å². The van der Waals surface area contributed by atoms with Crippen LogP contribution in [0.3, 0.4) is 0 Å². The SMILES string of the molecule is CCOC(=O)C(c1ccccc1)N(C)C(C)C(C)C. The Hall–Kier alpha value is -1.35. The number of hydrogen-bond donors (Lipinski definition) is 0. The number of likely N-dealkylation sites (N-methyl/N-ethyl adjacent to an activating group) is 1. The van der Waals surface area contributed by atoms with Crippen molar-refractivity contribution in [2.45, 2.75) is 39.8 Å². The van der Waals surface area contributed by atoms with Gasteiger partial charge in [0.05, 0.1) is 6.61 Å². The van der Waals surface area contributed by atoms with Crippen LogP contribution in [0, 0.1) is 5.92 Å². The maximum atomic E-state index is 12.2. The van der Waals surface area contributed by atoms with Crippen LogP contribution in [0.15, 0.2) is 30.3 Å². The van der Waals surface area contributed by atoms with Crippen molar-refractivity contribution in [2.75, 3.05) is 13.7 Å². The first-order chi connectivity index (χ1) is 8.99. The summed E-state index contributed by atoms with van der Waals surface area (Å²) in [4.78, 5) is 14.3. The van der Waals surface area contributed by atoms with Gasteiger partial charge in [-0.05, 0) is 32.4 Å². The molecule has 0 fully saturated rings. The smallest absolute Gasteiger partial charge is 0.327 e. The van der Waals surface area contributed by atoms with E-state index < -0.39 is 0 Å². The van der Waals surface area contributed by atoms with Crippen molar-refractivity contribution in [1.82, 2.24) is 4.90 Å². The average molecular weight is 263 g/mol. The number of nitrogens with zero attached hydrogens (tertiary/aromatic N) is 1. The highest BCUT2D eigenvalue weighted by Gasteiger charge is 2.30. The summed E-state index contributed by atoms with van der Waals surface area (Å²) in [5.41, 5.74) is 0.982. The van der Waals surface area contributed by atoms with E-state index in [0.29, 0.717) is 18.6 Å². The first-order valence-electron chi connectivity index (χ1n) is 6.92. The molecule has 0 saturated carbocycles. The first kappa shape index (κ1) is 15.7. The molecule has 0 radical (unpaired) electrons. The zero-order chi connectivity index (χ0) is 14.4. The van der Waals surface area contributed by atoms with Crippen LogP contribution in [0.25, 0.3) is 0 Å². The van der Waals surface area contributed by atoms with Gasteiger partial charge in [-0.1, -0.05) is 44.2 Å². The van der Waals surface area contributed by atoms with Crippen LogP contribution < -0.4 is 0 Å². The molecule has 0 heterocycles. The van der Waals surface area contributed by atoms with Crippen molar-refractivity contribution < 1.29 is 9.53 Å². The average Bonchev–Trinajstić information content (AvgIpc) is 2.39. The number of carbonyl (C=O) groups excluding carboxylic acids is 1. The van der Waals surface area contributed by atoms with Crippen LogP contribution in [0.1, 0.15) is 39.3 Å². The van der Waals surface area contributed by atoms with Crippen LogP contribution in [0.2, 0.25) is 0 Å². The van der Waals surface area contributed by atoms with Gasteiger partial charge in [0.2, 0.25) is 0 Å². The molecule has 0 amide bonds. The Bertz CT molecular complexity index is 389. The first-order valence-corrected chi connectivity index (χ1v) is 6.92. The molecule has 106 valence electrons. The topological polar surface area (TPSA) is 29.5 Å². The highest BCUT2D eigenvalue weighted by Crippen LogP contribution is 2.25. The second-order valence-electron chi connectivity index (χ2n) is 5.22. The zero-order valence-corrected chi connectivity index (χ0v) is 12.6. The Balaban J connectivity index is 3.02. The molecular formula is C16H25NO2. The molecule has 1 rings (SSSR count). The third-order valence-corrected chi connectivity index (χ3v) is 3.64. The monoisotopic (exact) mass is 263 g/mol. The largest absolute Gasteiger partial charge is 0.465 e. The summed E-state index contributed by atoms with van der Waals surface area (Å²) in [7, 11) is 1.99. The Morgan fingerprint density at radius 1 is 1.21 bits per heavy atom. The third kappa shape index (κ3) is 4.06. The lowest BCUT2D eigenvalue weighted by Gasteiger charge is -2.34. The molecule has 1 aromatic carbocycles. The molecule has 0 spiro atoms. The number of hydrogen-bond acceptors (Lipinski definition) is 3. The van der Waals surface area contributed by atoms with E-state index >= 15 is 0 Å². The zero-order valence-electron chi connectivity index (χ0n) is 12.6. The molecule has 3 nitrogen and oxygen atoms in total. The lowest BCUT2D eigenvalue weighted by Crippen LogP contribution is -2.40. The van der Waals surface area contributed by atoms with Gasteiger partial charge in [0.25, 0.3) is 0 Å². The van der Waals surface area contributed by atoms with E-state index in [1.807, 2.05) is 44.3 Å². The Morgan fingerprint density at radius 2 is 1.79 bits per heavy atom. The van der Waals surface area contributed by atoms with Gasteiger partial charge in [-0.15, -0.1) is 0 Å². The van der Waals surface area contributed by atoms with E-state index in [9.17, 15) is 4.79 Å². The number of carbonyl (C=O) groups is 1. The molecule has 2 unspecified atom stereocenters. The van der Waals surface area contributed by atoms with Gasteiger partial charge in [-0.3, -0.25) is 4.90 Å². The lowest BCUT2D eigenvalue weighted by atomic mass is 9.99. The van der Waals surface area contributed by atoms with Crippen molar-refractivity contribution >= 4 is 5.97 Å². The number of esters is 1. The summed E-state index contributed by atoms with van der Waals surface area (Å²) in [6, 6.07) is 9.78. The Labute approximate surface area is 116 Å². The molecule has 0 aliphatic heterocycles. The Kier molecular flexibility index (Phi) is 6.03. The molecule has 3 heteroatoms. The molecule has 1 aromatic rings. The molecule has 0 aromatic heterocycles. The van der Waals surface area contributed by atoms with Crippen molar-refractivity contribution in [1.29, 1.82) is 0 Å². The predicted molar refractivity (Wildman–Crippen MR) is 77.9 cm³/mol. The second-order valence-corrected chi connectivity index (χ2v) is 5.22. The van der Waals surface area contributed by atoms with Gasteiger partial charge >= 0.3 is 5.97 Å². The number of benzene rings is 1. The molecule has 0 aliphatic carbocycles. The fourth-order valence-electron chi connectivity index (χ4n) is 2.10. The molecule has 0 saturated heterocycles. The maximum Gasteiger partial charge on any atom is 0.327 e. The highest BCUT2D eigenvalue weighted by atomic mass is 16.5. The van der Waals surface area contributed by atoms with Gasteiger partial charge in [-0.25, -0.2) is 4.79 Å². The molecule has 0 bridgehead atoms. The quantitative estimate of drug-likeness (QED) is 0.738. The second kappa shape index (κ2) is 7.29. The summed E-state index contributed by atoms with van der Waals surface area (Å²) >= 11 is 0. The number of rotatable bonds is 6. The van der Waals surface area contributed by atoms with E-state index in [2.05, 4.69) is 25.7 Å². The van der Waals surface area contributed by atoms with E-state index in [1.165, 1.54) is 0 Å². The summed E-state index contributed by atoms with van der Waals surface area (Å²) in [6.07, 6.45) is 0. The molecule has 0 N–H and O–H groups in total. The van der Waals surface area contributed by atoms with Gasteiger partial charge in [0, 0.05) is 6.04 Å². The van der Waals surface area contributed by atoms with Crippen LogP contribution in [-0.4, -0.2) is 30.6 Å². The summed E-state index contributed by atoms with van der Waals surface area (Å²) in [6.45, 7) is 8.71. The van der Waals surface area contributed by atoms with Crippen molar-refractivity contribution in [3.8, 4) is 0 Å². The highest BCUT2D eigenvalue weighted by molar-refractivity contribution is 5.77. The summed E-state index contributed by atoms with van der Waals surface area (Å²) in [5, 5.41) is 0. The minimum absolute atomic E-state index is 0.177. The van der Waals surface area contributed by atoms with Gasteiger partial charge in [-0.2, -0.15) is 0 Å². The van der Waals surface area contributed by atoms with E-state index in [4.69, 9.17) is 4.74 Å². The maximum absolute atomic E-state index is 12.2. The standard InChI is InChI=1S/C16H25NO2/c1-6-19-16(18)15(14-10-8-7-9-11-14)17(5)13(4)12(2)3/h7-13,15H,6H2,1-5H3. The van der Waals surface area contributed by atoms with Gasteiger partial charge in [0.15, 0.2) is 0 Å². The summed E-state index contributed by atoms with van der Waals surface area (Å²) in [5.74, 6) is 0.300. The van der Waals surface area contributed by atoms with Crippen LogP contribution >= 0.6 is 0 Å². The molecule has 0 aliphatic rings. The fourth-order valence-corrected chi connectivity index (χ4v) is 2.10. The Morgan fingerprint density at radius 3 is 2.26 bits per heavy atom. The fraction of sp³-hybridized carbons (Fsp3) is 0.562. The normalized spacial score (nSPS) is 14.5. The minimum Gasteiger partial charge on any atom is -0.465 e. The van der Waals surface area contributed by atoms with Crippen LogP contribution in [0.4, 0.5) is 0 Å². The predicted octanol–water partition coefficient (Wildman–Crippen LogP) is 3.27. The molecule has 19 heavy (non-hydrogen) atoms. The van der Waals surface area contributed by atoms with Crippen molar-refractivity contribution in [2.24, 2.45) is 5.92 Å². The van der Waals surface area contributed by atoms with Crippen molar-refractivity contribution in [3.05, 3.63) is 35.9 Å². The van der Waals surface area contributed by atoms with Gasteiger partial charge < -0.3 is 4.74 Å². The van der Waals surface area contributed by atoms with Gasteiger partial charge in [0.1, 0.15) is 6.04 Å². The third-order valence-electron chi connectivity index (χ3n) is 3.64. The van der Waals surface area contributed by atoms with Crippen LogP contribution in [-0.2, 0) is 9.53 Å².